The standard InChI is InChI=1S/C18H15NO2.C11H7NS/c20-19(21)17-7-3-5-13-9-10-15-14-6-2-1-4-12(14)8-11-16(15)18(13)17;13-8-12-11-7-3-5-9-4-1-2-6-10(9)11/h2-3,5-7,9-10H,1,4,8,11H2;1-7H. The van der Waals surface area contributed by atoms with Crippen molar-refractivity contribution in [1.82, 2.24) is 0 Å². The van der Waals surface area contributed by atoms with E-state index in [1.165, 1.54) is 22.1 Å². The molecule has 0 fully saturated rings. The van der Waals surface area contributed by atoms with Crippen LogP contribution in [-0.2, 0) is 6.42 Å². The van der Waals surface area contributed by atoms with E-state index in [-0.39, 0.29) is 10.6 Å². The summed E-state index contributed by atoms with van der Waals surface area (Å²) in [4.78, 5) is 15.1. The van der Waals surface area contributed by atoms with Crippen LogP contribution in [0.1, 0.15) is 30.4 Å². The molecule has 166 valence electrons. The van der Waals surface area contributed by atoms with Gasteiger partial charge in [0, 0.05) is 11.5 Å². The van der Waals surface area contributed by atoms with E-state index in [1.54, 1.807) is 12.1 Å². The molecular formula is C29H22N2O2S. The molecular weight excluding hydrogens is 440 g/mol. The average molecular weight is 463 g/mol. The van der Waals surface area contributed by atoms with E-state index in [0.29, 0.717) is 0 Å². The zero-order valence-electron chi connectivity index (χ0n) is 18.5. The number of aryl methyl sites for hydroxylation is 1. The lowest BCUT2D eigenvalue weighted by Crippen LogP contribution is -2.07. The molecule has 34 heavy (non-hydrogen) atoms. The van der Waals surface area contributed by atoms with Gasteiger partial charge in [0.05, 0.1) is 21.2 Å². The van der Waals surface area contributed by atoms with Gasteiger partial charge in [-0.3, -0.25) is 10.1 Å². The van der Waals surface area contributed by atoms with Gasteiger partial charge in [-0.2, -0.15) is 4.99 Å². The second kappa shape index (κ2) is 9.52. The average Bonchev–Trinajstić information content (AvgIpc) is 2.88. The number of aliphatic imine (C=N–C) groups is 1. The second-order valence-electron chi connectivity index (χ2n) is 8.38. The van der Waals surface area contributed by atoms with Crippen molar-refractivity contribution in [3.8, 4) is 0 Å². The highest BCUT2D eigenvalue weighted by molar-refractivity contribution is 7.78. The maximum atomic E-state index is 11.4. The molecule has 0 aromatic heterocycles. The minimum Gasteiger partial charge on any atom is -0.258 e. The van der Waals surface area contributed by atoms with Crippen LogP contribution < -0.4 is 0 Å². The smallest absolute Gasteiger partial charge is 0.258 e. The van der Waals surface area contributed by atoms with Gasteiger partial charge in [-0.1, -0.05) is 78.4 Å². The van der Waals surface area contributed by atoms with Gasteiger partial charge >= 0.3 is 0 Å². The van der Waals surface area contributed by atoms with E-state index in [0.717, 1.165) is 53.1 Å². The van der Waals surface area contributed by atoms with Gasteiger partial charge in [0.25, 0.3) is 5.69 Å². The van der Waals surface area contributed by atoms with Crippen molar-refractivity contribution in [2.75, 3.05) is 0 Å². The third-order valence-corrected chi connectivity index (χ3v) is 6.60. The Morgan fingerprint density at radius 3 is 2.53 bits per heavy atom. The first-order valence-corrected chi connectivity index (χ1v) is 11.7. The van der Waals surface area contributed by atoms with Crippen LogP contribution in [0.5, 0.6) is 0 Å². The highest BCUT2D eigenvalue weighted by Gasteiger charge is 2.24. The molecule has 6 rings (SSSR count). The Labute approximate surface area is 203 Å². The van der Waals surface area contributed by atoms with Gasteiger partial charge in [0.1, 0.15) is 0 Å². The van der Waals surface area contributed by atoms with Crippen molar-refractivity contribution in [2.24, 2.45) is 4.99 Å². The predicted molar refractivity (Wildman–Crippen MR) is 143 cm³/mol. The molecule has 2 aliphatic carbocycles. The van der Waals surface area contributed by atoms with Crippen molar-refractivity contribution < 1.29 is 4.92 Å². The minimum atomic E-state index is -0.261. The summed E-state index contributed by atoms with van der Waals surface area (Å²) < 4.78 is 0. The number of hydrogen-bond donors (Lipinski definition) is 0. The quantitative estimate of drug-likeness (QED) is 0.130. The van der Waals surface area contributed by atoms with Crippen LogP contribution >= 0.6 is 12.2 Å². The third-order valence-electron chi connectivity index (χ3n) is 6.51. The first kappa shape index (κ1) is 21.9. The highest BCUT2D eigenvalue weighted by atomic mass is 32.1. The molecule has 0 aliphatic heterocycles. The monoisotopic (exact) mass is 462 g/mol. The molecule has 0 saturated carbocycles. The van der Waals surface area contributed by atoms with Crippen LogP contribution in [0, 0.1) is 10.1 Å². The fourth-order valence-corrected chi connectivity index (χ4v) is 5.08. The first-order valence-electron chi connectivity index (χ1n) is 11.3. The summed E-state index contributed by atoms with van der Waals surface area (Å²) in [6.07, 6.45) is 8.57. The van der Waals surface area contributed by atoms with Crippen LogP contribution in [0.15, 0.2) is 95.5 Å². The van der Waals surface area contributed by atoms with E-state index in [4.69, 9.17) is 0 Å². The summed E-state index contributed by atoms with van der Waals surface area (Å²) in [5, 5.41) is 17.8. The van der Waals surface area contributed by atoms with Gasteiger partial charge in [0.15, 0.2) is 0 Å². The number of allylic oxidation sites excluding steroid dienone is 4. The summed E-state index contributed by atoms with van der Waals surface area (Å²) >= 11 is 4.58. The van der Waals surface area contributed by atoms with E-state index < -0.39 is 0 Å². The summed E-state index contributed by atoms with van der Waals surface area (Å²) in [6, 6.07) is 23.5. The lowest BCUT2D eigenvalue weighted by Gasteiger charge is -2.25. The molecule has 0 amide bonds. The normalized spacial score (nSPS) is 14.0. The molecule has 0 N–H and O–H groups in total. The summed E-state index contributed by atoms with van der Waals surface area (Å²) in [7, 11) is 0. The number of benzene rings is 4. The van der Waals surface area contributed by atoms with Crippen molar-refractivity contribution >= 4 is 55.9 Å². The molecule has 2 aliphatic rings. The molecule has 5 heteroatoms. The minimum absolute atomic E-state index is 0.230. The number of fused-ring (bicyclic) bond motifs is 5. The Kier molecular flexibility index (Phi) is 6.13. The predicted octanol–water partition coefficient (Wildman–Crippen LogP) is 8.37. The number of nitro groups is 1. The Morgan fingerprint density at radius 1 is 0.882 bits per heavy atom. The largest absolute Gasteiger partial charge is 0.277 e. The Hall–Kier alpha value is -3.92. The SMILES string of the molecule is O=[N+]([O-])c1cccc2ccc3c(c12)CCC1=C3C=CCC1.S=C=Nc1cccc2ccccc12. The van der Waals surface area contributed by atoms with Gasteiger partial charge in [-0.15, -0.1) is 0 Å². The number of nitro benzene ring substituents is 1. The maximum absolute atomic E-state index is 11.4. The van der Waals surface area contributed by atoms with Crippen LogP contribution in [-0.4, -0.2) is 10.1 Å². The molecule has 0 atom stereocenters. The van der Waals surface area contributed by atoms with Gasteiger partial charge in [-0.25, -0.2) is 0 Å². The van der Waals surface area contributed by atoms with Crippen molar-refractivity contribution in [3.05, 3.63) is 112 Å². The molecule has 0 saturated heterocycles. The van der Waals surface area contributed by atoms with E-state index in [1.807, 2.05) is 42.5 Å². The Bertz CT molecular complexity index is 1540. The van der Waals surface area contributed by atoms with Gasteiger partial charge < -0.3 is 0 Å². The zero-order valence-corrected chi connectivity index (χ0v) is 19.3. The van der Waals surface area contributed by atoms with Crippen molar-refractivity contribution in [3.63, 3.8) is 0 Å². The lowest BCUT2D eigenvalue weighted by atomic mass is 9.79. The van der Waals surface area contributed by atoms with Crippen LogP contribution in [0.4, 0.5) is 11.4 Å². The second-order valence-corrected chi connectivity index (χ2v) is 8.57. The van der Waals surface area contributed by atoms with E-state index in [2.05, 4.69) is 52.7 Å². The maximum Gasteiger partial charge on any atom is 0.277 e. The number of rotatable bonds is 2. The third kappa shape index (κ3) is 4.08. The highest BCUT2D eigenvalue weighted by Crippen LogP contribution is 2.42. The number of thiocarbonyl (C=S) groups is 1. The molecule has 4 aromatic carbocycles. The molecule has 0 spiro atoms. The summed E-state index contributed by atoms with van der Waals surface area (Å²) in [5.41, 5.74) is 6.24. The van der Waals surface area contributed by atoms with Crippen LogP contribution in [0.2, 0.25) is 0 Å². The molecule has 4 aromatic rings. The lowest BCUT2D eigenvalue weighted by molar-refractivity contribution is -0.383. The fraction of sp³-hybridized carbons (Fsp3) is 0.138. The Balaban J connectivity index is 0.000000159. The number of hydrogen-bond acceptors (Lipinski definition) is 4. The van der Waals surface area contributed by atoms with E-state index >= 15 is 0 Å². The molecule has 0 bridgehead atoms. The number of nitrogens with zero attached hydrogens (tertiary/aromatic N) is 2. The molecule has 4 nitrogen and oxygen atoms in total. The summed E-state index contributed by atoms with van der Waals surface area (Å²) in [6.45, 7) is 0. The molecule has 0 unspecified atom stereocenters. The first-order chi connectivity index (χ1) is 16.7. The molecule has 0 radical (unpaired) electrons. The van der Waals surface area contributed by atoms with Crippen molar-refractivity contribution in [2.45, 2.75) is 25.7 Å². The van der Waals surface area contributed by atoms with Crippen LogP contribution in [0.3, 0.4) is 0 Å². The summed E-state index contributed by atoms with van der Waals surface area (Å²) in [5.74, 6) is 0. The van der Waals surface area contributed by atoms with Crippen molar-refractivity contribution in [1.29, 1.82) is 0 Å². The van der Waals surface area contributed by atoms with Gasteiger partial charge in [-0.05, 0) is 71.4 Å². The van der Waals surface area contributed by atoms with Crippen LogP contribution in [0.25, 0.3) is 27.1 Å². The van der Waals surface area contributed by atoms with E-state index in [9.17, 15) is 10.1 Å². The fourth-order valence-electron chi connectivity index (χ4n) is 4.98. The zero-order chi connectivity index (χ0) is 23.5. The number of isothiocyanates is 1. The topological polar surface area (TPSA) is 55.5 Å². The molecule has 0 heterocycles. The Morgan fingerprint density at radius 2 is 1.68 bits per heavy atom. The van der Waals surface area contributed by atoms with Gasteiger partial charge in [0.2, 0.25) is 0 Å². The number of non-ortho nitro benzene ring substituents is 1.